The maximum Gasteiger partial charge on any atom is 0.319 e. The Labute approximate surface area is 124 Å². The number of nitrogens with zero attached hydrogens (tertiary/aromatic N) is 1. The standard InChI is InChI=1S/C15H20ClN3O/c16-11-1-3-12(4-2-11)17-15(20)18-13-7-9-19(10-8-13)14-5-6-14/h1-4,13-14H,5-10H2,(H2,17,18,20). The Morgan fingerprint density at radius 2 is 1.75 bits per heavy atom. The smallest absolute Gasteiger partial charge is 0.319 e. The Kier molecular flexibility index (Phi) is 4.13. The molecule has 3 rings (SSSR count). The van der Waals surface area contributed by atoms with Gasteiger partial charge in [0.25, 0.3) is 0 Å². The van der Waals surface area contributed by atoms with Crippen LogP contribution in [-0.4, -0.2) is 36.1 Å². The van der Waals surface area contributed by atoms with E-state index >= 15 is 0 Å². The second-order valence-electron chi connectivity index (χ2n) is 5.65. The zero-order valence-electron chi connectivity index (χ0n) is 11.4. The highest BCUT2D eigenvalue weighted by atomic mass is 35.5. The maximum absolute atomic E-state index is 11.9. The van der Waals surface area contributed by atoms with Gasteiger partial charge in [0, 0.05) is 35.9 Å². The van der Waals surface area contributed by atoms with Crippen LogP contribution in [-0.2, 0) is 0 Å². The average molecular weight is 294 g/mol. The Balaban J connectivity index is 1.43. The summed E-state index contributed by atoms with van der Waals surface area (Å²) in [6, 6.07) is 8.14. The van der Waals surface area contributed by atoms with Gasteiger partial charge in [-0.05, 0) is 49.9 Å². The van der Waals surface area contributed by atoms with Gasteiger partial charge in [0.1, 0.15) is 0 Å². The molecule has 1 aromatic rings. The van der Waals surface area contributed by atoms with Crippen LogP contribution in [0.1, 0.15) is 25.7 Å². The van der Waals surface area contributed by atoms with Crippen LogP contribution in [0.3, 0.4) is 0 Å². The van der Waals surface area contributed by atoms with E-state index in [0.29, 0.717) is 5.02 Å². The lowest BCUT2D eigenvalue weighted by molar-refractivity contribution is 0.189. The lowest BCUT2D eigenvalue weighted by atomic mass is 10.1. The van der Waals surface area contributed by atoms with Gasteiger partial charge in [0.05, 0.1) is 0 Å². The lowest BCUT2D eigenvalue weighted by Crippen LogP contribution is -2.46. The van der Waals surface area contributed by atoms with E-state index in [9.17, 15) is 4.79 Å². The molecule has 2 aliphatic rings. The number of amides is 2. The van der Waals surface area contributed by atoms with Crippen molar-refractivity contribution in [3.8, 4) is 0 Å². The van der Waals surface area contributed by atoms with Crippen molar-refractivity contribution in [2.75, 3.05) is 18.4 Å². The van der Waals surface area contributed by atoms with Crippen LogP contribution in [0.15, 0.2) is 24.3 Å². The molecule has 1 saturated carbocycles. The molecule has 2 N–H and O–H groups in total. The second kappa shape index (κ2) is 6.02. The van der Waals surface area contributed by atoms with E-state index in [1.54, 1.807) is 24.3 Å². The Bertz CT molecular complexity index is 465. The third-order valence-electron chi connectivity index (χ3n) is 4.03. The zero-order chi connectivity index (χ0) is 13.9. The molecule has 2 amide bonds. The zero-order valence-corrected chi connectivity index (χ0v) is 12.2. The van der Waals surface area contributed by atoms with Crippen LogP contribution in [0.4, 0.5) is 10.5 Å². The second-order valence-corrected chi connectivity index (χ2v) is 6.08. The van der Waals surface area contributed by atoms with Crippen LogP contribution in [0.25, 0.3) is 0 Å². The largest absolute Gasteiger partial charge is 0.335 e. The fraction of sp³-hybridized carbons (Fsp3) is 0.533. The number of anilines is 1. The van der Waals surface area contributed by atoms with Gasteiger partial charge >= 0.3 is 6.03 Å². The van der Waals surface area contributed by atoms with Gasteiger partial charge in [-0.3, -0.25) is 0 Å². The molecule has 1 heterocycles. The fourth-order valence-corrected chi connectivity index (χ4v) is 2.86. The molecule has 1 saturated heterocycles. The molecule has 0 radical (unpaired) electrons. The monoisotopic (exact) mass is 293 g/mol. The van der Waals surface area contributed by atoms with E-state index in [0.717, 1.165) is 37.7 Å². The van der Waals surface area contributed by atoms with Gasteiger partial charge in [0.15, 0.2) is 0 Å². The highest BCUT2D eigenvalue weighted by Gasteiger charge is 2.32. The van der Waals surface area contributed by atoms with Crippen LogP contribution in [0, 0.1) is 0 Å². The first-order valence-electron chi connectivity index (χ1n) is 7.28. The molecule has 1 aliphatic carbocycles. The van der Waals surface area contributed by atoms with Crippen molar-refractivity contribution in [3.63, 3.8) is 0 Å². The minimum absolute atomic E-state index is 0.128. The molecule has 1 aromatic carbocycles. The molecule has 0 atom stereocenters. The SMILES string of the molecule is O=C(Nc1ccc(Cl)cc1)NC1CCN(C2CC2)CC1. The minimum atomic E-state index is -0.128. The van der Waals surface area contributed by atoms with Gasteiger partial charge in [0.2, 0.25) is 0 Å². The van der Waals surface area contributed by atoms with Crippen molar-refractivity contribution < 1.29 is 4.79 Å². The highest BCUT2D eigenvalue weighted by Crippen LogP contribution is 2.29. The van der Waals surface area contributed by atoms with Gasteiger partial charge in [-0.15, -0.1) is 0 Å². The van der Waals surface area contributed by atoms with Crippen molar-refractivity contribution in [2.45, 2.75) is 37.8 Å². The molecule has 0 unspecified atom stereocenters. The van der Waals surface area contributed by atoms with Crippen molar-refractivity contribution in [1.29, 1.82) is 0 Å². The third-order valence-corrected chi connectivity index (χ3v) is 4.28. The molecule has 4 nitrogen and oxygen atoms in total. The summed E-state index contributed by atoms with van der Waals surface area (Å²) in [5, 5.41) is 6.56. The number of halogens is 1. The molecule has 0 spiro atoms. The number of hydrogen-bond acceptors (Lipinski definition) is 2. The first-order chi connectivity index (χ1) is 9.70. The number of carbonyl (C=O) groups is 1. The van der Waals surface area contributed by atoms with Crippen LogP contribution in [0.5, 0.6) is 0 Å². The molecular weight excluding hydrogens is 274 g/mol. The highest BCUT2D eigenvalue weighted by molar-refractivity contribution is 6.30. The van der Waals surface area contributed by atoms with Crippen LogP contribution < -0.4 is 10.6 Å². The summed E-state index contributed by atoms with van der Waals surface area (Å²) in [5.41, 5.74) is 0.766. The predicted octanol–water partition coefficient (Wildman–Crippen LogP) is 3.09. The van der Waals surface area contributed by atoms with Crippen molar-refractivity contribution in [1.82, 2.24) is 10.2 Å². The van der Waals surface area contributed by atoms with E-state index in [1.807, 2.05) is 0 Å². The van der Waals surface area contributed by atoms with Gasteiger partial charge in [-0.25, -0.2) is 4.79 Å². The molecule has 5 heteroatoms. The van der Waals surface area contributed by atoms with Crippen molar-refractivity contribution in [3.05, 3.63) is 29.3 Å². The number of piperidine rings is 1. The molecular formula is C15H20ClN3O. The van der Waals surface area contributed by atoms with E-state index in [4.69, 9.17) is 11.6 Å². The third kappa shape index (κ3) is 3.64. The lowest BCUT2D eigenvalue weighted by Gasteiger charge is -2.32. The molecule has 0 aromatic heterocycles. The topological polar surface area (TPSA) is 44.4 Å². The molecule has 2 fully saturated rings. The Morgan fingerprint density at radius 3 is 2.35 bits per heavy atom. The number of carbonyl (C=O) groups excluding carboxylic acids is 1. The average Bonchev–Trinajstić information content (AvgIpc) is 3.27. The minimum Gasteiger partial charge on any atom is -0.335 e. The predicted molar refractivity (Wildman–Crippen MR) is 81.2 cm³/mol. The number of urea groups is 1. The Morgan fingerprint density at radius 1 is 1.10 bits per heavy atom. The van der Waals surface area contributed by atoms with Crippen LogP contribution >= 0.6 is 11.6 Å². The fourth-order valence-electron chi connectivity index (χ4n) is 2.73. The Hall–Kier alpha value is -1.26. The van der Waals surface area contributed by atoms with Crippen molar-refractivity contribution in [2.24, 2.45) is 0 Å². The quantitative estimate of drug-likeness (QED) is 0.899. The summed E-state index contributed by atoms with van der Waals surface area (Å²) in [4.78, 5) is 14.5. The number of rotatable bonds is 3. The first kappa shape index (κ1) is 13.7. The van der Waals surface area contributed by atoms with E-state index in [1.165, 1.54) is 12.8 Å². The summed E-state index contributed by atoms with van der Waals surface area (Å²) in [6.45, 7) is 2.22. The van der Waals surface area contributed by atoms with Crippen molar-refractivity contribution >= 4 is 23.3 Å². The van der Waals surface area contributed by atoms with Crippen LogP contribution in [0.2, 0.25) is 5.02 Å². The summed E-state index contributed by atoms with van der Waals surface area (Å²) < 4.78 is 0. The number of nitrogens with one attached hydrogen (secondary N) is 2. The number of hydrogen-bond donors (Lipinski definition) is 2. The molecule has 108 valence electrons. The summed E-state index contributed by atoms with van der Waals surface area (Å²) in [7, 11) is 0. The molecule has 1 aliphatic heterocycles. The summed E-state index contributed by atoms with van der Waals surface area (Å²) >= 11 is 5.82. The first-order valence-corrected chi connectivity index (χ1v) is 7.65. The van der Waals surface area contributed by atoms with Gasteiger partial charge in [-0.2, -0.15) is 0 Å². The van der Waals surface area contributed by atoms with E-state index in [2.05, 4.69) is 15.5 Å². The van der Waals surface area contributed by atoms with E-state index < -0.39 is 0 Å². The number of benzene rings is 1. The normalized spacial score (nSPS) is 20.6. The van der Waals surface area contributed by atoms with Gasteiger partial charge in [-0.1, -0.05) is 11.6 Å². The maximum atomic E-state index is 11.9. The van der Waals surface area contributed by atoms with E-state index in [-0.39, 0.29) is 12.1 Å². The number of likely N-dealkylation sites (tertiary alicyclic amines) is 1. The molecule has 0 bridgehead atoms. The summed E-state index contributed by atoms with van der Waals surface area (Å²) in [6.07, 6.45) is 4.80. The summed E-state index contributed by atoms with van der Waals surface area (Å²) in [5.74, 6) is 0. The van der Waals surface area contributed by atoms with Gasteiger partial charge < -0.3 is 15.5 Å². The molecule has 20 heavy (non-hydrogen) atoms.